The molecule has 2 bridgehead atoms. The van der Waals surface area contributed by atoms with Gasteiger partial charge in [-0.3, -0.25) is 9.59 Å². The van der Waals surface area contributed by atoms with Crippen LogP contribution in [0.4, 0.5) is 0 Å². The van der Waals surface area contributed by atoms with E-state index >= 15 is 0 Å². The van der Waals surface area contributed by atoms with Gasteiger partial charge in [-0.05, 0) is 83.5 Å². The Morgan fingerprint density at radius 2 is 1.67 bits per heavy atom. The van der Waals surface area contributed by atoms with Gasteiger partial charge in [0.15, 0.2) is 12.9 Å². The molecule has 1 N–H and O–H groups in total. The van der Waals surface area contributed by atoms with Crippen LogP contribution in [0.15, 0.2) is 0 Å². The SMILES string of the molecule is CCC(C)(C)C(=O)OCC(=O)OC1C2CC3C1O[C@@H]1OC1C3(C#N)C2C1C2CC3(O)CC4(OC(=O)C(C)(C)CC)CC1C234. The molecule has 8 fully saturated rings. The number of epoxide rings is 1. The number of esters is 3. The Labute approximate surface area is 252 Å². The van der Waals surface area contributed by atoms with E-state index in [9.17, 15) is 24.8 Å². The topological polar surface area (TPSA) is 145 Å². The van der Waals surface area contributed by atoms with E-state index in [1.54, 1.807) is 13.8 Å². The molecule has 13 unspecified atom stereocenters. The van der Waals surface area contributed by atoms with Crippen molar-refractivity contribution in [2.75, 3.05) is 6.61 Å². The zero-order valence-corrected chi connectivity index (χ0v) is 25.9. The van der Waals surface area contributed by atoms with Gasteiger partial charge in [0.1, 0.15) is 23.9 Å². The monoisotopic (exact) mass is 597 g/mol. The van der Waals surface area contributed by atoms with Crippen molar-refractivity contribution in [1.82, 2.24) is 0 Å². The highest BCUT2D eigenvalue weighted by Crippen LogP contribution is 2.95. The summed E-state index contributed by atoms with van der Waals surface area (Å²) in [6, 6.07) is 2.72. The molecule has 10 heteroatoms. The van der Waals surface area contributed by atoms with Gasteiger partial charge in [-0.15, -0.1) is 0 Å². The minimum Gasteiger partial charge on any atom is -0.458 e. The van der Waals surface area contributed by atoms with E-state index in [-0.39, 0.29) is 47.6 Å². The number of hydrogen-bond donors (Lipinski definition) is 1. The number of nitriles is 1. The largest absolute Gasteiger partial charge is 0.458 e. The second-order valence-corrected chi connectivity index (χ2v) is 16.3. The predicted octanol–water partition coefficient (Wildman–Crippen LogP) is 3.29. The van der Waals surface area contributed by atoms with E-state index in [0.29, 0.717) is 38.5 Å². The lowest BCUT2D eigenvalue weighted by atomic mass is 9.11. The molecule has 43 heavy (non-hydrogen) atoms. The van der Waals surface area contributed by atoms with Crippen molar-refractivity contribution >= 4 is 17.9 Å². The normalized spacial score (nSPS) is 52.0. The standard InChI is InChI=1S/C33H43NO9/c1-7-28(3,4)26(36)39-12-19(35)40-22-15-9-16-23(22)41-25-24(42-25)32(16,14-34)21(15)20-17-10-30(38)13-31(11-18(20)33(17,30)31)43-27(37)29(5,6)8-2/h15-18,20-25,38H,7-13H2,1-6H3/t15?,16?,17?,18?,20?,21?,22?,23?,24?,25-,30?,31?,32?,33?/m1/s1. The Bertz CT molecular complexity index is 1360. The van der Waals surface area contributed by atoms with Crippen LogP contribution >= 0.6 is 0 Å². The third-order valence-electron chi connectivity index (χ3n) is 14.2. The van der Waals surface area contributed by atoms with Gasteiger partial charge >= 0.3 is 17.9 Å². The quantitative estimate of drug-likeness (QED) is 0.239. The average Bonchev–Trinajstić information content (AvgIpc) is 3.54. The number of nitrogens with zero attached hydrogens (tertiary/aromatic N) is 1. The Morgan fingerprint density at radius 1 is 1.00 bits per heavy atom. The maximum absolute atomic E-state index is 13.2. The summed E-state index contributed by atoms with van der Waals surface area (Å²) in [5.41, 5.74) is -3.88. The third-order valence-corrected chi connectivity index (χ3v) is 14.2. The van der Waals surface area contributed by atoms with Crippen LogP contribution in [-0.2, 0) is 38.1 Å². The number of ether oxygens (including phenoxy) is 5. The highest BCUT2D eigenvalue weighted by Gasteiger charge is 3.00. The summed E-state index contributed by atoms with van der Waals surface area (Å²) >= 11 is 0. The number of carbonyl (C=O) groups is 3. The molecule has 10 nitrogen and oxygen atoms in total. The first-order chi connectivity index (χ1) is 20.2. The highest BCUT2D eigenvalue weighted by molar-refractivity contribution is 5.80. The van der Waals surface area contributed by atoms with Gasteiger partial charge in [-0.2, -0.15) is 5.26 Å². The molecule has 0 amide bonds. The van der Waals surface area contributed by atoms with Crippen LogP contribution in [0.1, 0.15) is 80.1 Å². The number of hydrogen-bond acceptors (Lipinski definition) is 10. The van der Waals surface area contributed by atoms with Crippen molar-refractivity contribution in [2.24, 2.45) is 57.2 Å². The van der Waals surface area contributed by atoms with E-state index in [0.717, 1.165) is 0 Å². The van der Waals surface area contributed by atoms with E-state index in [4.69, 9.17) is 23.7 Å². The molecule has 2 saturated heterocycles. The zero-order valence-electron chi connectivity index (χ0n) is 25.9. The van der Waals surface area contributed by atoms with Crippen LogP contribution in [0.2, 0.25) is 0 Å². The van der Waals surface area contributed by atoms with Gasteiger partial charge in [-0.1, -0.05) is 13.8 Å². The Balaban J connectivity index is 1.05. The second kappa shape index (κ2) is 8.13. The summed E-state index contributed by atoms with van der Waals surface area (Å²) in [5.74, 6) is -1.13. The van der Waals surface area contributed by atoms with Crippen molar-refractivity contribution in [1.29, 1.82) is 5.26 Å². The van der Waals surface area contributed by atoms with E-state index in [2.05, 4.69) is 6.07 Å². The zero-order chi connectivity index (χ0) is 30.7. The number of fused-ring (bicyclic) bond motifs is 3. The van der Waals surface area contributed by atoms with Crippen LogP contribution in [0.25, 0.3) is 0 Å². The van der Waals surface area contributed by atoms with Crippen LogP contribution in [0.5, 0.6) is 0 Å². The lowest BCUT2D eigenvalue weighted by Crippen LogP contribution is -3.00. The predicted molar refractivity (Wildman–Crippen MR) is 146 cm³/mol. The second-order valence-electron chi connectivity index (χ2n) is 16.3. The molecule has 0 radical (unpaired) electrons. The van der Waals surface area contributed by atoms with Gasteiger partial charge in [0.2, 0.25) is 0 Å². The fourth-order valence-electron chi connectivity index (χ4n) is 11.5. The fourth-order valence-corrected chi connectivity index (χ4v) is 11.5. The summed E-state index contributed by atoms with van der Waals surface area (Å²) in [6.45, 7) is 10.8. The minimum absolute atomic E-state index is 0.0800. The summed E-state index contributed by atoms with van der Waals surface area (Å²) in [6.07, 6.45) is 2.00. The maximum atomic E-state index is 13.2. The molecule has 2 aliphatic heterocycles. The average molecular weight is 598 g/mol. The van der Waals surface area contributed by atoms with Crippen LogP contribution in [0, 0.1) is 68.5 Å². The minimum atomic E-state index is -0.815. The molecular formula is C33H43NO9. The molecule has 0 aromatic rings. The molecule has 2 heterocycles. The molecule has 8 aliphatic rings. The van der Waals surface area contributed by atoms with Crippen LogP contribution in [0.3, 0.4) is 0 Å². The first kappa shape index (κ1) is 28.3. The van der Waals surface area contributed by atoms with Gasteiger partial charge in [0.05, 0.1) is 27.9 Å². The van der Waals surface area contributed by atoms with E-state index < -0.39 is 69.9 Å². The van der Waals surface area contributed by atoms with Gasteiger partial charge in [-0.25, -0.2) is 4.79 Å². The first-order valence-corrected chi connectivity index (χ1v) is 16.2. The fraction of sp³-hybridized carbons (Fsp3) is 0.879. The van der Waals surface area contributed by atoms with Crippen LogP contribution in [-0.4, -0.2) is 65.4 Å². The first-order valence-electron chi connectivity index (χ1n) is 16.2. The summed E-state index contributed by atoms with van der Waals surface area (Å²) in [7, 11) is 0. The third kappa shape index (κ3) is 2.95. The summed E-state index contributed by atoms with van der Waals surface area (Å²) in [5, 5.41) is 22.4. The van der Waals surface area contributed by atoms with E-state index in [1.807, 2.05) is 27.7 Å². The number of rotatable bonds is 9. The van der Waals surface area contributed by atoms with Crippen molar-refractivity contribution < 1.29 is 43.2 Å². The Kier molecular flexibility index (Phi) is 5.34. The lowest BCUT2D eigenvalue weighted by molar-refractivity contribution is -0.532. The molecule has 8 rings (SSSR count). The Morgan fingerprint density at radius 3 is 2.30 bits per heavy atom. The Hall–Kier alpha value is -2.22. The van der Waals surface area contributed by atoms with E-state index in [1.165, 1.54) is 0 Å². The lowest BCUT2D eigenvalue weighted by Gasteiger charge is -2.95. The van der Waals surface area contributed by atoms with Gasteiger partial charge < -0.3 is 28.8 Å². The molecular weight excluding hydrogens is 554 g/mol. The molecule has 1 spiro atoms. The molecule has 234 valence electrons. The number of aliphatic hydroxyl groups is 1. The molecule has 14 atom stereocenters. The summed E-state index contributed by atoms with van der Waals surface area (Å²) < 4.78 is 29.8. The maximum Gasteiger partial charge on any atom is 0.344 e. The smallest absolute Gasteiger partial charge is 0.344 e. The molecule has 6 saturated carbocycles. The molecule has 6 aliphatic carbocycles. The van der Waals surface area contributed by atoms with Gasteiger partial charge in [0, 0.05) is 23.7 Å². The highest BCUT2D eigenvalue weighted by atomic mass is 16.8. The van der Waals surface area contributed by atoms with Crippen LogP contribution < -0.4 is 0 Å². The number of carbonyl (C=O) groups excluding carboxylic acids is 3. The molecule has 0 aromatic carbocycles. The van der Waals surface area contributed by atoms with Crippen molar-refractivity contribution in [3.8, 4) is 6.07 Å². The van der Waals surface area contributed by atoms with Crippen molar-refractivity contribution in [3.63, 3.8) is 0 Å². The molecule has 0 aromatic heterocycles. The summed E-state index contributed by atoms with van der Waals surface area (Å²) in [4.78, 5) is 38.7. The van der Waals surface area contributed by atoms with Crippen molar-refractivity contribution in [3.05, 3.63) is 0 Å². The van der Waals surface area contributed by atoms with Gasteiger partial charge in [0.25, 0.3) is 0 Å². The van der Waals surface area contributed by atoms with Crippen molar-refractivity contribution in [2.45, 2.75) is 116 Å².